The molecule has 2 aromatic rings. The predicted molar refractivity (Wildman–Crippen MR) is 70.8 cm³/mol. The van der Waals surface area contributed by atoms with E-state index in [0.717, 1.165) is 21.7 Å². The van der Waals surface area contributed by atoms with Crippen LogP contribution in [0.15, 0.2) is 41.7 Å². The summed E-state index contributed by atoms with van der Waals surface area (Å²) in [5.74, 6) is 0. The third kappa shape index (κ3) is 3.35. The van der Waals surface area contributed by atoms with Crippen molar-refractivity contribution in [2.75, 3.05) is 0 Å². The summed E-state index contributed by atoms with van der Waals surface area (Å²) in [6, 6.07) is 5.97. The van der Waals surface area contributed by atoms with Gasteiger partial charge >= 0.3 is 0 Å². The first-order valence-corrected chi connectivity index (χ1v) is 5.77. The van der Waals surface area contributed by atoms with E-state index >= 15 is 0 Å². The minimum atomic E-state index is 0.852. The van der Waals surface area contributed by atoms with Gasteiger partial charge in [0.25, 0.3) is 0 Å². The van der Waals surface area contributed by atoms with E-state index in [2.05, 4.69) is 22.6 Å². The number of rotatable bonds is 1. The highest BCUT2D eigenvalue weighted by Crippen LogP contribution is 2.18. The molecule has 2 heterocycles. The topological polar surface area (TPSA) is 25.8 Å². The van der Waals surface area contributed by atoms with Gasteiger partial charge in [-0.3, -0.25) is 9.97 Å². The average Bonchev–Trinajstić information content (AvgIpc) is 2.32. The van der Waals surface area contributed by atoms with E-state index in [-0.39, 0.29) is 0 Å². The summed E-state index contributed by atoms with van der Waals surface area (Å²) >= 11 is 4.23. The molecule has 0 saturated carbocycles. The van der Waals surface area contributed by atoms with E-state index in [0.29, 0.717) is 0 Å². The van der Waals surface area contributed by atoms with Crippen molar-refractivity contribution >= 4 is 12.6 Å². The minimum Gasteiger partial charge on any atom is -0.263 e. The van der Waals surface area contributed by atoms with E-state index in [1.807, 2.05) is 45.2 Å². The zero-order valence-electron chi connectivity index (χ0n) is 9.81. The van der Waals surface area contributed by atoms with Crippen molar-refractivity contribution in [2.45, 2.75) is 25.7 Å². The van der Waals surface area contributed by atoms with Crippen LogP contribution in [0.5, 0.6) is 0 Å². The van der Waals surface area contributed by atoms with Crippen molar-refractivity contribution in [1.29, 1.82) is 0 Å². The van der Waals surface area contributed by atoms with Crippen LogP contribution in [0.2, 0.25) is 0 Å². The summed E-state index contributed by atoms with van der Waals surface area (Å²) in [4.78, 5) is 9.23. The highest BCUT2D eigenvalue weighted by atomic mass is 32.1. The Morgan fingerprint density at radius 1 is 1.06 bits per heavy atom. The molecule has 0 atom stereocenters. The second kappa shape index (κ2) is 6.28. The maximum absolute atomic E-state index is 4.32. The molecule has 2 nitrogen and oxygen atoms in total. The fourth-order valence-electron chi connectivity index (χ4n) is 1.21. The Kier molecular flexibility index (Phi) is 4.99. The van der Waals surface area contributed by atoms with E-state index < -0.39 is 0 Å². The molecule has 2 aromatic heterocycles. The van der Waals surface area contributed by atoms with Crippen molar-refractivity contribution < 1.29 is 0 Å². The molecule has 0 fully saturated rings. The van der Waals surface area contributed by atoms with Crippen LogP contribution in [0.25, 0.3) is 11.3 Å². The monoisotopic (exact) mass is 232 g/mol. The van der Waals surface area contributed by atoms with E-state index in [1.165, 1.54) is 0 Å². The van der Waals surface area contributed by atoms with Gasteiger partial charge < -0.3 is 0 Å². The molecule has 0 radical (unpaired) electrons. The molecule has 84 valence electrons. The summed E-state index contributed by atoms with van der Waals surface area (Å²) in [7, 11) is 0. The Bertz CT molecular complexity index is 438. The van der Waals surface area contributed by atoms with E-state index in [4.69, 9.17) is 0 Å². The molecule has 0 aliphatic rings. The number of aryl methyl sites for hydroxylation is 1. The van der Waals surface area contributed by atoms with Gasteiger partial charge in [0.05, 0.1) is 5.69 Å². The lowest BCUT2D eigenvalue weighted by Gasteiger charge is -2.00. The van der Waals surface area contributed by atoms with Crippen LogP contribution >= 0.6 is 12.6 Å². The first-order valence-electron chi connectivity index (χ1n) is 5.33. The highest BCUT2D eigenvalue weighted by molar-refractivity contribution is 7.80. The van der Waals surface area contributed by atoms with Gasteiger partial charge in [0.15, 0.2) is 0 Å². The molecule has 0 unspecified atom stereocenters. The number of nitrogens with zero attached hydrogens (tertiary/aromatic N) is 2. The fraction of sp³-hybridized carbons (Fsp3) is 0.231. The first kappa shape index (κ1) is 12.7. The van der Waals surface area contributed by atoms with Crippen molar-refractivity contribution in [2.24, 2.45) is 0 Å². The quantitative estimate of drug-likeness (QED) is 0.757. The van der Waals surface area contributed by atoms with Crippen LogP contribution in [0.1, 0.15) is 19.4 Å². The Labute approximate surface area is 102 Å². The van der Waals surface area contributed by atoms with Crippen molar-refractivity contribution in [1.82, 2.24) is 9.97 Å². The molecule has 0 bridgehead atoms. The SMILES string of the molecule is CC.Cc1ccc(-c2cncc(S)c2)nc1. The fourth-order valence-corrected chi connectivity index (χ4v) is 1.41. The van der Waals surface area contributed by atoms with Gasteiger partial charge in [-0.2, -0.15) is 0 Å². The van der Waals surface area contributed by atoms with Crippen LogP contribution in [-0.2, 0) is 0 Å². The minimum absolute atomic E-state index is 0.852. The Balaban J connectivity index is 0.000000606. The summed E-state index contributed by atoms with van der Waals surface area (Å²) < 4.78 is 0. The number of hydrogen-bond acceptors (Lipinski definition) is 3. The van der Waals surface area contributed by atoms with Gasteiger partial charge in [0.2, 0.25) is 0 Å². The average molecular weight is 232 g/mol. The maximum Gasteiger partial charge on any atom is 0.0718 e. The Morgan fingerprint density at radius 3 is 2.38 bits per heavy atom. The third-order valence-electron chi connectivity index (χ3n) is 1.93. The Morgan fingerprint density at radius 2 is 1.81 bits per heavy atom. The smallest absolute Gasteiger partial charge is 0.0718 e. The predicted octanol–water partition coefficient (Wildman–Crippen LogP) is 3.77. The standard InChI is InChI=1S/C11H10N2S.C2H6/c1-8-2-3-11(13-5-8)9-4-10(14)7-12-6-9;1-2/h2-7,14H,1H3;1-2H3. The number of pyridine rings is 2. The molecule has 0 spiro atoms. The normalized spacial score (nSPS) is 9.25. The van der Waals surface area contributed by atoms with Crippen LogP contribution in [0.3, 0.4) is 0 Å². The van der Waals surface area contributed by atoms with Gasteiger partial charge in [-0.05, 0) is 24.6 Å². The molecule has 0 aliphatic heterocycles. The lowest BCUT2D eigenvalue weighted by Crippen LogP contribution is -1.85. The first-order chi connectivity index (χ1) is 7.75. The lowest BCUT2D eigenvalue weighted by atomic mass is 10.2. The van der Waals surface area contributed by atoms with Crippen molar-refractivity contribution in [3.05, 3.63) is 42.4 Å². The Hall–Kier alpha value is -1.35. The molecule has 16 heavy (non-hydrogen) atoms. The van der Waals surface area contributed by atoms with Gasteiger partial charge in [-0.15, -0.1) is 12.6 Å². The number of thiol groups is 1. The largest absolute Gasteiger partial charge is 0.263 e. The van der Waals surface area contributed by atoms with Gasteiger partial charge in [-0.25, -0.2) is 0 Å². The summed E-state index contributed by atoms with van der Waals surface area (Å²) in [6.07, 6.45) is 5.35. The van der Waals surface area contributed by atoms with Crippen LogP contribution in [0.4, 0.5) is 0 Å². The van der Waals surface area contributed by atoms with Crippen molar-refractivity contribution in [3.8, 4) is 11.3 Å². The highest BCUT2D eigenvalue weighted by Gasteiger charge is 1.98. The molecule has 3 heteroatoms. The third-order valence-corrected chi connectivity index (χ3v) is 2.18. The van der Waals surface area contributed by atoms with Crippen LogP contribution < -0.4 is 0 Å². The molecule has 0 amide bonds. The van der Waals surface area contributed by atoms with Gasteiger partial charge in [0.1, 0.15) is 0 Å². The molecule has 0 N–H and O–H groups in total. The second-order valence-electron chi connectivity index (χ2n) is 3.15. The zero-order valence-corrected chi connectivity index (χ0v) is 10.7. The summed E-state index contributed by atoms with van der Waals surface area (Å²) in [5, 5.41) is 0. The molecule has 2 rings (SSSR count). The number of hydrogen-bond donors (Lipinski definition) is 1. The molecular weight excluding hydrogens is 216 g/mol. The molecule has 0 saturated heterocycles. The van der Waals surface area contributed by atoms with Gasteiger partial charge in [-0.1, -0.05) is 19.9 Å². The van der Waals surface area contributed by atoms with E-state index in [1.54, 1.807) is 12.4 Å². The summed E-state index contributed by atoms with van der Waals surface area (Å²) in [5.41, 5.74) is 3.08. The van der Waals surface area contributed by atoms with Crippen LogP contribution in [-0.4, -0.2) is 9.97 Å². The molecular formula is C13H16N2S. The maximum atomic E-state index is 4.32. The lowest BCUT2D eigenvalue weighted by molar-refractivity contribution is 1.21. The van der Waals surface area contributed by atoms with Crippen LogP contribution in [0, 0.1) is 6.92 Å². The second-order valence-corrected chi connectivity index (χ2v) is 3.67. The molecule has 0 aromatic carbocycles. The summed E-state index contributed by atoms with van der Waals surface area (Å²) in [6.45, 7) is 6.02. The van der Waals surface area contributed by atoms with E-state index in [9.17, 15) is 0 Å². The molecule has 0 aliphatic carbocycles. The number of aromatic nitrogens is 2. The zero-order chi connectivity index (χ0) is 12.0. The van der Waals surface area contributed by atoms with Gasteiger partial charge in [0, 0.05) is 29.0 Å². The van der Waals surface area contributed by atoms with Crippen molar-refractivity contribution in [3.63, 3.8) is 0 Å².